The van der Waals surface area contributed by atoms with Crippen molar-refractivity contribution in [3.63, 3.8) is 0 Å². The molecule has 0 aliphatic heterocycles. The van der Waals surface area contributed by atoms with Gasteiger partial charge in [0, 0.05) is 11.9 Å². The van der Waals surface area contributed by atoms with Crippen LogP contribution in [0, 0.1) is 0 Å². The lowest BCUT2D eigenvalue weighted by Crippen LogP contribution is -2.36. The Labute approximate surface area is 171 Å². The Morgan fingerprint density at radius 3 is 2.76 bits per heavy atom. The van der Waals surface area contributed by atoms with Gasteiger partial charge < -0.3 is 15.4 Å². The quantitative estimate of drug-likeness (QED) is 0.360. The van der Waals surface area contributed by atoms with Crippen LogP contribution in [0.25, 0.3) is 0 Å². The summed E-state index contributed by atoms with van der Waals surface area (Å²) in [6.45, 7) is 8.48. The Kier molecular flexibility index (Phi) is 9.81. The molecule has 7 heteroatoms. The highest BCUT2D eigenvalue weighted by atomic mass is 127. The number of thiazole rings is 1. The number of aromatic nitrogens is 1. The minimum atomic E-state index is 0. The van der Waals surface area contributed by atoms with Gasteiger partial charge in [0.1, 0.15) is 10.8 Å². The van der Waals surface area contributed by atoms with Crippen LogP contribution in [0.4, 0.5) is 0 Å². The topological polar surface area (TPSA) is 58.5 Å². The Morgan fingerprint density at radius 1 is 1.32 bits per heavy atom. The first kappa shape index (κ1) is 21.7. The molecule has 138 valence electrons. The van der Waals surface area contributed by atoms with Gasteiger partial charge in [-0.1, -0.05) is 26.0 Å². The van der Waals surface area contributed by atoms with Crippen LogP contribution < -0.4 is 15.4 Å². The van der Waals surface area contributed by atoms with Gasteiger partial charge in [-0.05, 0) is 30.5 Å². The molecule has 0 atom stereocenters. The van der Waals surface area contributed by atoms with E-state index in [0.29, 0.717) is 19.0 Å². The molecular weight excluding hydrogens is 447 g/mol. The van der Waals surface area contributed by atoms with Crippen molar-refractivity contribution < 1.29 is 4.74 Å². The maximum absolute atomic E-state index is 5.25. The van der Waals surface area contributed by atoms with Gasteiger partial charge in [-0.15, -0.1) is 35.3 Å². The summed E-state index contributed by atoms with van der Waals surface area (Å²) >= 11 is 1.68. The molecule has 0 spiro atoms. The van der Waals surface area contributed by atoms with Gasteiger partial charge in [0.2, 0.25) is 0 Å². The Hall–Kier alpha value is -1.35. The predicted octanol–water partition coefficient (Wildman–Crippen LogP) is 4.15. The normalized spacial score (nSPS) is 11.2. The maximum Gasteiger partial charge on any atom is 0.191 e. The largest absolute Gasteiger partial charge is 0.497 e. The molecule has 1 aromatic heterocycles. The smallest absolute Gasteiger partial charge is 0.191 e. The number of halogens is 1. The molecular formula is C18H27IN4OS. The molecule has 0 aliphatic rings. The van der Waals surface area contributed by atoms with E-state index in [4.69, 9.17) is 4.74 Å². The summed E-state index contributed by atoms with van der Waals surface area (Å²) in [6.07, 6.45) is 0. The molecule has 2 aromatic rings. The van der Waals surface area contributed by atoms with Crippen molar-refractivity contribution in [3.8, 4) is 5.75 Å². The summed E-state index contributed by atoms with van der Waals surface area (Å²) < 4.78 is 5.25. The zero-order valence-electron chi connectivity index (χ0n) is 15.2. The SMILES string of the molecule is CCNC(=NCc1cccc(OC)c1)NCc1nc(C(C)C)cs1.I. The third-order valence-electron chi connectivity index (χ3n) is 3.47. The second-order valence-corrected chi connectivity index (χ2v) is 6.66. The Morgan fingerprint density at radius 2 is 2.12 bits per heavy atom. The molecule has 0 unspecified atom stereocenters. The van der Waals surface area contributed by atoms with Crippen LogP contribution in [0.2, 0.25) is 0 Å². The summed E-state index contributed by atoms with van der Waals surface area (Å²) in [6, 6.07) is 7.96. The summed E-state index contributed by atoms with van der Waals surface area (Å²) in [5, 5.41) is 9.81. The fourth-order valence-electron chi connectivity index (χ4n) is 2.11. The molecule has 5 nitrogen and oxygen atoms in total. The first-order valence-corrected chi connectivity index (χ1v) is 9.09. The molecule has 2 N–H and O–H groups in total. The highest BCUT2D eigenvalue weighted by molar-refractivity contribution is 14.0. The lowest BCUT2D eigenvalue weighted by Gasteiger charge is -2.10. The number of hydrogen-bond acceptors (Lipinski definition) is 4. The number of rotatable bonds is 7. The van der Waals surface area contributed by atoms with Gasteiger partial charge in [0.15, 0.2) is 5.96 Å². The van der Waals surface area contributed by atoms with Crippen LogP contribution in [0.5, 0.6) is 5.75 Å². The molecule has 0 saturated carbocycles. The summed E-state index contributed by atoms with van der Waals surface area (Å²) in [4.78, 5) is 9.27. The molecule has 2 rings (SSSR count). The number of nitrogens with zero attached hydrogens (tertiary/aromatic N) is 2. The molecule has 0 amide bonds. The Bertz CT molecular complexity index is 673. The van der Waals surface area contributed by atoms with Crippen LogP contribution >= 0.6 is 35.3 Å². The lowest BCUT2D eigenvalue weighted by molar-refractivity contribution is 0.414. The van der Waals surface area contributed by atoms with Gasteiger partial charge in [-0.2, -0.15) is 0 Å². The molecule has 0 bridgehead atoms. The number of nitrogens with one attached hydrogen (secondary N) is 2. The van der Waals surface area contributed by atoms with Crippen molar-refractivity contribution >= 4 is 41.3 Å². The van der Waals surface area contributed by atoms with Gasteiger partial charge in [-0.25, -0.2) is 9.98 Å². The fourth-order valence-corrected chi connectivity index (χ4v) is 3.01. The van der Waals surface area contributed by atoms with E-state index in [9.17, 15) is 0 Å². The summed E-state index contributed by atoms with van der Waals surface area (Å²) in [5.41, 5.74) is 2.26. The molecule has 0 radical (unpaired) electrons. The average molecular weight is 474 g/mol. The van der Waals surface area contributed by atoms with E-state index in [1.807, 2.05) is 24.3 Å². The maximum atomic E-state index is 5.25. The number of benzene rings is 1. The molecule has 25 heavy (non-hydrogen) atoms. The zero-order chi connectivity index (χ0) is 17.4. The number of ether oxygens (including phenoxy) is 1. The molecule has 1 heterocycles. The third-order valence-corrected chi connectivity index (χ3v) is 4.33. The molecule has 0 aliphatic carbocycles. The van der Waals surface area contributed by atoms with E-state index in [-0.39, 0.29) is 24.0 Å². The summed E-state index contributed by atoms with van der Waals surface area (Å²) in [7, 11) is 1.67. The van der Waals surface area contributed by atoms with E-state index in [0.717, 1.165) is 34.5 Å². The number of hydrogen-bond donors (Lipinski definition) is 2. The van der Waals surface area contributed by atoms with Crippen molar-refractivity contribution in [3.05, 3.63) is 45.9 Å². The van der Waals surface area contributed by atoms with Crippen LogP contribution in [-0.2, 0) is 13.1 Å². The van der Waals surface area contributed by atoms with Gasteiger partial charge in [-0.3, -0.25) is 0 Å². The number of methoxy groups -OCH3 is 1. The van der Waals surface area contributed by atoms with Gasteiger partial charge in [0.25, 0.3) is 0 Å². The lowest BCUT2D eigenvalue weighted by atomic mass is 10.2. The van der Waals surface area contributed by atoms with E-state index in [1.165, 1.54) is 0 Å². The first-order chi connectivity index (χ1) is 11.6. The highest BCUT2D eigenvalue weighted by Crippen LogP contribution is 2.17. The van der Waals surface area contributed by atoms with Gasteiger partial charge in [0.05, 0.1) is 25.9 Å². The van der Waals surface area contributed by atoms with Crippen LogP contribution in [-0.4, -0.2) is 24.6 Å². The molecule has 0 saturated heterocycles. The van der Waals surface area contributed by atoms with E-state index in [1.54, 1.807) is 18.4 Å². The second kappa shape index (κ2) is 11.3. The molecule has 0 fully saturated rings. The monoisotopic (exact) mass is 474 g/mol. The summed E-state index contributed by atoms with van der Waals surface area (Å²) in [5.74, 6) is 2.11. The van der Waals surface area contributed by atoms with Crippen LogP contribution in [0.15, 0.2) is 34.6 Å². The molecule has 1 aromatic carbocycles. The standard InChI is InChI=1S/C18H26N4OS.HI/c1-5-19-18(20-10-14-7-6-8-15(9-14)23-4)21-11-17-22-16(12-24-17)13(2)3;/h6-9,12-13H,5,10-11H2,1-4H3,(H2,19,20,21);1H. The van der Waals surface area contributed by atoms with Crippen molar-refractivity contribution in [1.29, 1.82) is 0 Å². The second-order valence-electron chi connectivity index (χ2n) is 5.72. The first-order valence-electron chi connectivity index (χ1n) is 8.21. The minimum Gasteiger partial charge on any atom is -0.497 e. The Balaban J connectivity index is 0.00000312. The van der Waals surface area contributed by atoms with Crippen LogP contribution in [0.1, 0.15) is 43.0 Å². The number of guanidine groups is 1. The zero-order valence-corrected chi connectivity index (χ0v) is 18.4. The van der Waals surface area contributed by atoms with E-state index in [2.05, 4.69) is 46.8 Å². The fraction of sp³-hybridized carbons (Fsp3) is 0.444. The minimum absolute atomic E-state index is 0. The van der Waals surface area contributed by atoms with Crippen molar-refractivity contribution in [2.45, 2.75) is 39.8 Å². The van der Waals surface area contributed by atoms with Crippen molar-refractivity contribution in [2.24, 2.45) is 4.99 Å². The van der Waals surface area contributed by atoms with E-state index < -0.39 is 0 Å². The van der Waals surface area contributed by atoms with E-state index >= 15 is 0 Å². The van der Waals surface area contributed by atoms with Gasteiger partial charge >= 0.3 is 0 Å². The predicted molar refractivity (Wildman–Crippen MR) is 116 cm³/mol. The third kappa shape index (κ3) is 7.19. The van der Waals surface area contributed by atoms with Crippen molar-refractivity contribution in [2.75, 3.05) is 13.7 Å². The highest BCUT2D eigenvalue weighted by Gasteiger charge is 2.06. The van der Waals surface area contributed by atoms with Crippen LogP contribution in [0.3, 0.4) is 0 Å². The number of aliphatic imine (C=N–C) groups is 1. The average Bonchev–Trinajstić information content (AvgIpc) is 3.07. The van der Waals surface area contributed by atoms with Crippen molar-refractivity contribution in [1.82, 2.24) is 15.6 Å².